The normalized spacial score (nSPS) is 14.1. The van der Waals surface area contributed by atoms with E-state index in [1.807, 2.05) is 0 Å². The quantitative estimate of drug-likeness (QED) is 0.0892. The zero-order chi connectivity index (χ0) is 56.6. The zero-order valence-electron chi connectivity index (χ0n) is 48.7. The summed E-state index contributed by atoms with van der Waals surface area (Å²) in [6.45, 7) is 8.81. The highest BCUT2D eigenvalue weighted by Gasteiger charge is 2.31. The van der Waals surface area contributed by atoms with Crippen LogP contribution < -0.4 is 10.2 Å². The zero-order valence-corrected chi connectivity index (χ0v) is 48.7. The van der Waals surface area contributed by atoms with Crippen LogP contribution in [0.25, 0.3) is 98.8 Å². The average molecular weight is 1090 g/mol. The summed E-state index contributed by atoms with van der Waals surface area (Å²) in [4.78, 5) is 2.54. The van der Waals surface area contributed by atoms with Gasteiger partial charge in [0.25, 0.3) is 0 Å². The molecule has 412 valence electrons. The third-order valence-electron chi connectivity index (χ3n) is 19.2. The van der Waals surface area contributed by atoms with Crippen molar-refractivity contribution in [2.24, 2.45) is 0 Å². The molecule has 84 heavy (non-hydrogen) atoms. The van der Waals surface area contributed by atoms with Crippen LogP contribution in [0, 0.1) is 13.8 Å². The number of hydrogen-bond donors (Lipinski definition) is 2. The fraction of sp³-hybridized carbons (Fsp3) is 0.200. The Morgan fingerprint density at radius 3 is 1.77 bits per heavy atom. The molecule has 2 saturated carbocycles. The maximum atomic E-state index is 13.2. The van der Waals surface area contributed by atoms with E-state index < -0.39 is 0 Å². The monoisotopic (exact) mass is 1090 g/mol. The SMILES string of the molecule is CCc1cccc(Nc2c(-c3cc4c(C5CCCC5)cc(N(c5cccc(CC)c5)c5cccc6c5oc5c(-c7ccccc7C)cccc56)c5ccc6c(C7CCCC7)ccc3c6c45)ccc(-c3cccc(-c4ccccc4C)c3)c2O)c1. The number of nitrogens with one attached hydrogen (secondary N) is 1. The van der Waals surface area contributed by atoms with E-state index in [1.54, 1.807) is 0 Å². The largest absolute Gasteiger partial charge is 0.505 e. The molecule has 0 aliphatic heterocycles. The molecule has 4 heteroatoms. The van der Waals surface area contributed by atoms with Gasteiger partial charge in [-0.05, 0) is 207 Å². The van der Waals surface area contributed by atoms with Crippen molar-refractivity contribution in [2.45, 2.75) is 104 Å². The van der Waals surface area contributed by atoms with Crippen LogP contribution >= 0.6 is 0 Å². The van der Waals surface area contributed by atoms with E-state index in [0.717, 1.165) is 98.1 Å². The van der Waals surface area contributed by atoms with Gasteiger partial charge in [-0.1, -0.05) is 191 Å². The van der Waals surface area contributed by atoms with Gasteiger partial charge in [-0.25, -0.2) is 0 Å². The molecule has 2 fully saturated rings. The molecule has 0 atom stereocenters. The summed E-state index contributed by atoms with van der Waals surface area (Å²) in [5, 5.41) is 27.0. The molecule has 0 unspecified atom stereocenters. The predicted octanol–water partition coefficient (Wildman–Crippen LogP) is 23.1. The van der Waals surface area contributed by atoms with E-state index >= 15 is 0 Å². The van der Waals surface area contributed by atoms with E-state index in [4.69, 9.17) is 4.42 Å². The Labute approximate surface area is 493 Å². The number of furan rings is 1. The van der Waals surface area contributed by atoms with Gasteiger partial charge in [0, 0.05) is 44.2 Å². The molecule has 1 aromatic heterocycles. The minimum Gasteiger partial charge on any atom is -0.505 e. The van der Waals surface area contributed by atoms with Crippen molar-refractivity contribution < 1.29 is 9.52 Å². The van der Waals surface area contributed by atoms with Crippen LogP contribution in [-0.4, -0.2) is 5.11 Å². The molecular formula is C80H70N2O2. The lowest BCUT2D eigenvalue weighted by molar-refractivity contribution is 0.480. The van der Waals surface area contributed by atoms with Gasteiger partial charge in [0.05, 0.1) is 17.1 Å². The highest BCUT2D eigenvalue weighted by atomic mass is 16.3. The molecule has 0 saturated heterocycles. The molecule has 0 bridgehead atoms. The third kappa shape index (κ3) is 8.71. The first-order valence-corrected chi connectivity index (χ1v) is 30.9. The number of phenolic OH excluding ortho intramolecular Hbond substituents is 1. The number of aromatic hydroxyl groups is 1. The number of fused-ring (bicyclic) bond motifs is 3. The molecular weight excluding hydrogens is 1020 g/mol. The lowest BCUT2D eigenvalue weighted by Gasteiger charge is -2.31. The third-order valence-corrected chi connectivity index (χ3v) is 19.2. The van der Waals surface area contributed by atoms with Crippen LogP contribution in [0.1, 0.15) is 110 Å². The van der Waals surface area contributed by atoms with Crippen molar-refractivity contribution in [3.8, 4) is 50.3 Å². The summed E-state index contributed by atoms with van der Waals surface area (Å²) in [6, 6.07) is 76.4. The maximum absolute atomic E-state index is 13.2. The van der Waals surface area contributed by atoms with Crippen molar-refractivity contribution in [1.29, 1.82) is 0 Å². The minimum absolute atomic E-state index is 0.238. The van der Waals surface area contributed by atoms with E-state index in [-0.39, 0.29) is 5.75 Å². The van der Waals surface area contributed by atoms with Gasteiger partial charge < -0.3 is 19.7 Å². The number of phenols is 1. The van der Waals surface area contributed by atoms with E-state index in [2.05, 4.69) is 244 Å². The van der Waals surface area contributed by atoms with Gasteiger partial charge in [0.1, 0.15) is 11.3 Å². The number of rotatable bonds is 13. The Morgan fingerprint density at radius 1 is 0.429 bits per heavy atom. The first-order chi connectivity index (χ1) is 41.3. The lowest BCUT2D eigenvalue weighted by atomic mass is 9.80. The van der Waals surface area contributed by atoms with Crippen molar-refractivity contribution in [1.82, 2.24) is 0 Å². The van der Waals surface area contributed by atoms with E-state index in [0.29, 0.717) is 17.5 Å². The summed E-state index contributed by atoms with van der Waals surface area (Å²) >= 11 is 0. The summed E-state index contributed by atoms with van der Waals surface area (Å²) in [5.41, 5.74) is 23.0. The molecule has 1 heterocycles. The topological polar surface area (TPSA) is 48.6 Å². The number of anilines is 5. The molecule has 0 radical (unpaired) electrons. The first-order valence-electron chi connectivity index (χ1n) is 30.9. The molecule has 15 rings (SSSR count). The first kappa shape index (κ1) is 51.7. The van der Waals surface area contributed by atoms with Crippen molar-refractivity contribution >= 4 is 82.7 Å². The highest BCUT2D eigenvalue weighted by molar-refractivity contribution is 6.30. The van der Waals surface area contributed by atoms with Crippen molar-refractivity contribution in [2.75, 3.05) is 10.2 Å². The van der Waals surface area contributed by atoms with Crippen molar-refractivity contribution in [3.05, 3.63) is 240 Å². The molecule has 12 aromatic carbocycles. The van der Waals surface area contributed by atoms with Gasteiger partial charge in [-0.2, -0.15) is 0 Å². The second-order valence-corrected chi connectivity index (χ2v) is 24.1. The average Bonchev–Trinajstić information content (AvgIpc) is 1.15. The molecule has 4 nitrogen and oxygen atoms in total. The standard InChI is InChI=1S/C80H70N2O2/c1-5-51-22-15-30-57(44-51)81-77-65(42-39-62(78(77)83)56-29-17-28-55(46-56)59-32-13-7-20-49(59)3)71-47-72-70(54-26-11-12-27-54)48-74(69-43-41-63-61(53-24-9-10-25-53)38-40-64(71)75(63)76(69)72)82(58-31-16-23-52(6-2)45-58)73-37-19-36-68-67-35-18-34-66(79(67)84-80(68)73)60-33-14-8-21-50(60)4/h7-8,13-23,28-48,53-54,81,83H,5-6,9-12,24-27H2,1-4H3. The van der Waals surface area contributed by atoms with E-state index in [9.17, 15) is 5.11 Å². The number of hydrogen-bond acceptors (Lipinski definition) is 4. The molecule has 2 N–H and O–H groups in total. The molecule has 0 spiro atoms. The van der Waals surface area contributed by atoms with Crippen LogP contribution in [0.5, 0.6) is 5.75 Å². The van der Waals surface area contributed by atoms with Gasteiger partial charge in [-0.3, -0.25) is 0 Å². The Morgan fingerprint density at radius 2 is 1.02 bits per heavy atom. The van der Waals surface area contributed by atoms with Crippen LogP contribution in [0.2, 0.25) is 0 Å². The van der Waals surface area contributed by atoms with Crippen molar-refractivity contribution in [3.63, 3.8) is 0 Å². The Balaban J connectivity index is 1.02. The Kier molecular flexibility index (Phi) is 13.1. The maximum Gasteiger partial charge on any atom is 0.159 e. The van der Waals surface area contributed by atoms with Crippen LogP contribution in [0.3, 0.4) is 0 Å². The summed E-state index contributed by atoms with van der Waals surface area (Å²) < 4.78 is 7.37. The Bertz CT molecular complexity index is 4680. The molecule has 2 aliphatic carbocycles. The minimum atomic E-state index is 0.238. The van der Waals surface area contributed by atoms with Gasteiger partial charge in [0.2, 0.25) is 0 Å². The molecule has 13 aromatic rings. The number of benzene rings is 12. The second-order valence-electron chi connectivity index (χ2n) is 24.1. The number of para-hydroxylation sites is 2. The van der Waals surface area contributed by atoms with Crippen LogP contribution in [0.15, 0.2) is 211 Å². The number of nitrogens with zero attached hydrogens (tertiary/aromatic N) is 1. The predicted molar refractivity (Wildman–Crippen MR) is 356 cm³/mol. The summed E-state index contributed by atoms with van der Waals surface area (Å²) in [6.07, 6.45) is 11.4. The van der Waals surface area contributed by atoms with Crippen LogP contribution in [-0.2, 0) is 12.8 Å². The van der Waals surface area contributed by atoms with Crippen LogP contribution in [0.4, 0.5) is 28.4 Å². The summed E-state index contributed by atoms with van der Waals surface area (Å²) in [7, 11) is 0. The fourth-order valence-corrected chi connectivity index (χ4v) is 14.9. The Hall–Kier alpha value is -9.12. The van der Waals surface area contributed by atoms with E-state index in [1.165, 1.54) is 121 Å². The molecule has 2 aliphatic rings. The molecule has 0 amide bonds. The van der Waals surface area contributed by atoms with Gasteiger partial charge in [0.15, 0.2) is 5.58 Å². The lowest BCUT2D eigenvalue weighted by Crippen LogP contribution is -2.13. The summed E-state index contributed by atoms with van der Waals surface area (Å²) in [5.74, 6) is 1.10. The second kappa shape index (κ2) is 21.3. The fourth-order valence-electron chi connectivity index (χ4n) is 14.9. The van der Waals surface area contributed by atoms with Gasteiger partial charge >= 0.3 is 0 Å². The number of aryl methyl sites for hydroxylation is 4. The van der Waals surface area contributed by atoms with Gasteiger partial charge in [-0.15, -0.1) is 0 Å². The smallest absolute Gasteiger partial charge is 0.159 e. The highest BCUT2D eigenvalue weighted by Crippen LogP contribution is 2.55.